The van der Waals surface area contributed by atoms with Crippen molar-refractivity contribution in [1.29, 1.82) is 0 Å². The Morgan fingerprint density at radius 2 is 1.72 bits per heavy atom. The van der Waals surface area contributed by atoms with E-state index in [4.69, 9.17) is 0 Å². The van der Waals surface area contributed by atoms with Gasteiger partial charge in [-0.1, -0.05) is 31.5 Å². The summed E-state index contributed by atoms with van der Waals surface area (Å²) in [4.78, 5) is 0.201. The average Bonchev–Trinajstić information content (AvgIpc) is 3.31. The Balaban J connectivity index is 1.75. The summed E-state index contributed by atoms with van der Waals surface area (Å²) < 4.78 is 54.5. The minimum atomic E-state index is -3.65. The van der Waals surface area contributed by atoms with Crippen molar-refractivity contribution < 1.29 is 16.8 Å². The van der Waals surface area contributed by atoms with Gasteiger partial charge in [-0.25, -0.2) is 21.6 Å². The fraction of sp³-hybridized carbons (Fsp3) is 0.647. The molecule has 25 heavy (non-hydrogen) atoms. The molecule has 8 heteroatoms. The minimum absolute atomic E-state index is 0.103. The summed E-state index contributed by atoms with van der Waals surface area (Å²) in [5, 5.41) is -0.280. The molecule has 0 bridgehead atoms. The first-order valence-corrected chi connectivity index (χ1v) is 11.6. The van der Waals surface area contributed by atoms with E-state index in [-0.39, 0.29) is 28.1 Å². The Morgan fingerprint density at radius 1 is 1.12 bits per heavy atom. The highest BCUT2D eigenvalue weighted by Crippen LogP contribution is 2.40. The Bertz CT molecular complexity index is 841. The molecule has 1 aromatic carbocycles. The number of hydrogen-bond donors (Lipinski definition) is 1. The van der Waals surface area contributed by atoms with Gasteiger partial charge in [0.15, 0.2) is 0 Å². The van der Waals surface area contributed by atoms with E-state index in [0.29, 0.717) is 25.8 Å². The van der Waals surface area contributed by atoms with Gasteiger partial charge in [0.2, 0.25) is 20.0 Å². The quantitative estimate of drug-likeness (QED) is 0.809. The van der Waals surface area contributed by atoms with Crippen LogP contribution in [0.3, 0.4) is 0 Å². The van der Waals surface area contributed by atoms with E-state index >= 15 is 0 Å². The topological polar surface area (TPSA) is 83.6 Å². The van der Waals surface area contributed by atoms with Crippen LogP contribution in [0.4, 0.5) is 0 Å². The molecule has 0 unspecified atom stereocenters. The van der Waals surface area contributed by atoms with Crippen molar-refractivity contribution in [3.05, 3.63) is 29.8 Å². The van der Waals surface area contributed by atoms with Crippen molar-refractivity contribution >= 4 is 20.0 Å². The lowest BCUT2D eigenvalue weighted by atomic mass is 9.91. The first kappa shape index (κ1) is 18.8. The summed E-state index contributed by atoms with van der Waals surface area (Å²) in [6.07, 6.45) is 2.07. The molecule has 1 aliphatic heterocycles. The third-order valence-electron chi connectivity index (χ3n) is 4.89. The fourth-order valence-electron chi connectivity index (χ4n) is 3.39. The monoisotopic (exact) mass is 386 g/mol. The molecule has 1 heterocycles. The number of nitrogens with zero attached hydrogens (tertiary/aromatic N) is 1. The lowest BCUT2D eigenvalue weighted by Gasteiger charge is -2.24. The van der Waals surface area contributed by atoms with Crippen LogP contribution in [-0.4, -0.2) is 45.5 Å². The lowest BCUT2D eigenvalue weighted by Crippen LogP contribution is -2.44. The maximum atomic E-state index is 12.7. The van der Waals surface area contributed by atoms with Gasteiger partial charge in [-0.05, 0) is 43.7 Å². The van der Waals surface area contributed by atoms with Gasteiger partial charge >= 0.3 is 0 Å². The third kappa shape index (κ3) is 4.07. The van der Waals surface area contributed by atoms with E-state index < -0.39 is 20.0 Å². The smallest absolute Gasteiger partial charge is 0.212 e. The first-order valence-electron chi connectivity index (χ1n) is 8.58. The van der Waals surface area contributed by atoms with Crippen LogP contribution < -0.4 is 4.72 Å². The van der Waals surface area contributed by atoms with Gasteiger partial charge in [0, 0.05) is 19.1 Å². The van der Waals surface area contributed by atoms with Crippen molar-refractivity contribution in [2.45, 2.75) is 56.2 Å². The molecule has 2 aliphatic rings. The second-order valence-electron chi connectivity index (χ2n) is 7.98. The van der Waals surface area contributed by atoms with Gasteiger partial charge < -0.3 is 0 Å². The summed E-state index contributed by atoms with van der Waals surface area (Å²) >= 11 is 0. The number of hydrogen-bond acceptors (Lipinski definition) is 4. The van der Waals surface area contributed by atoms with E-state index in [1.165, 1.54) is 4.31 Å². The van der Waals surface area contributed by atoms with Crippen LogP contribution in [0.15, 0.2) is 29.2 Å². The van der Waals surface area contributed by atoms with Gasteiger partial charge in [0.05, 0.1) is 10.1 Å². The van der Waals surface area contributed by atoms with Gasteiger partial charge in [-0.15, -0.1) is 0 Å². The molecule has 2 fully saturated rings. The largest absolute Gasteiger partial charge is 0.240 e. The number of nitrogens with one attached hydrogen (secondary N) is 1. The predicted octanol–water partition coefficient (Wildman–Crippen LogP) is 1.87. The van der Waals surface area contributed by atoms with Gasteiger partial charge in [-0.2, -0.15) is 4.31 Å². The molecule has 140 valence electrons. The van der Waals surface area contributed by atoms with Crippen LogP contribution in [0.1, 0.15) is 38.7 Å². The molecule has 1 N–H and O–H groups in total. The predicted molar refractivity (Wildman–Crippen MR) is 97.2 cm³/mol. The zero-order valence-electron chi connectivity index (χ0n) is 14.9. The summed E-state index contributed by atoms with van der Waals surface area (Å²) in [5.41, 5.74) is 0.834. The first-order chi connectivity index (χ1) is 11.5. The molecule has 1 aromatic rings. The van der Waals surface area contributed by atoms with Gasteiger partial charge in [0.1, 0.15) is 0 Å². The summed E-state index contributed by atoms with van der Waals surface area (Å²) in [6.45, 7) is 6.49. The van der Waals surface area contributed by atoms with Crippen molar-refractivity contribution in [2.24, 2.45) is 5.41 Å². The van der Waals surface area contributed by atoms with Crippen LogP contribution in [0.25, 0.3) is 0 Å². The molecular formula is C17H26N2O4S2. The van der Waals surface area contributed by atoms with Gasteiger partial charge in [-0.3, -0.25) is 0 Å². The molecule has 1 atom stereocenters. The van der Waals surface area contributed by atoms with Crippen LogP contribution >= 0.6 is 0 Å². The maximum Gasteiger partial charge on any atom is 0.240 e. The summed E-state index contributed by atoms with van der Waals surface area (Å²) in [6, 6.07) is 6.29. The highest BCUT2D eigenvalue weighted by Gasteiger charge is 2.49. The van der Waals surface area contributed by atoms with Gasteiger partial charge in [0.25, 0.3) is 0 Å². The zero-order valence-corrected chi connectivity index (χ0v) is 16.5. The van der Waals surface area contributed by atoms with E-state index in [1.807, 2.05) is 20.8 Å². The van der Waals surface area contributed by atoms with Crippen molar-refractivity contribution in [2.75, 3.05) is 13.1 Å². The number of sulfonamides is 2. The Kier molecular flexibility index (Phi) is 4.77. The molecule has 1 saturated heterocycles. The second kappa shape index (κ2) is 6.33. The standard InChI is InChI=1S/C17H26N2O4S2/c1-13-4-6-15(7-5-13)24(20,21)18-11-14-10-17(2,3)12-19(14)25(22,23)16-8-9-16/h4-7,14,16,18H,8-12H2,1-3H3/t14-/m0/s1. The van der Waals surface area contributed by atoms with E-state index in [1.54, 1.807) is 24.3 Å². The van der Waals surface area contributed by atoms with Crippen LogP contribution in [0.2, 0.25) is 0 Å². The van der Waals surface area contributed by atoms with E-state index in [9.17, 15) is 16.8 Å². The number of aryl methyl sites for hydroxylation is 1. The van der Waals surface area contributed by atoms with E-state index in [2.05, 4.69) is 4.72 Å². The minimum Gasteiger partial charge on any atom is -0.212 e. The summed E-state index contributed by atoms with van der Waals surface area (Å²) in [7, 11) is -6.97. The van der Waals surface area contributed by atoms with Crippen molar-refractivity contribution in [3.63, 3.8) is 0 Å². The molecular weight excluding hydrogens is 360 g/mol. The zero-order chi connectivity index (χ0) is 18.5. The molecule has 0 amide bonds. The molecule has 6 nitrogen and oxygen atoms in total. The van der Waals surface area contributed by atoms with Crippen LogP contribution in [-0.2, 0) is 20.0 Å². The summed E-state index contributed by atoms with van der Waals surface area (Å²) in [5.74, 6) is 0. The Morgan fingerprint density at radius 3 is 2.28 bits per heavy atom. The second-order valence-corrected chi connectivity index (χ2v) is 11.9. The number of rotatable bonds is 6. The van der Waals surface area contributed by atoms with Crippen molar-refractivity contribution in [3.8, 4) is 0 Å². The normalized spacial score (nSPS) is 24.5. The highest BCUT2D eigenvalue weighted by molar-refractivity contribution is 7.90. The number of benzene rings is 1. The Labute approximate surface area is 150 Å². The molecule has 0 spiro atoms. The molecule has 0 aromatic heterocycles. The van der Waals surface area contributed by atoms with Crippen LogP contribution in [0.5, 0.6) is 0 Å². The molecule has 1 aliphatic carbocycles. The molecule has 0 radical (unpaired) electrons. The fourth-order valence-corrected chi connectivity index (χ4v) is 6.67. The van der Waals surface area contributed by atoms with Crippen molar-refractivity contribution in [1.82, 2.24) is 9.03 Å². The van der Waals surface area contributed by atoms with E-state index in [0.717, 1.165) is 5.56 Å². The highest BCUT2D eigenvalue weighted by atomic mass is 32.2. The maximum absolute atomic E-state index is 12.7. The molecule has 1 saturated carbocycles. The molecule has 3 rings (SSSR count). The Hall–Kier alpha value is -0.960. The SMILES string of the molecule is Cc1ccc(S(=O)(=O)NC[C@@H]2CC(C)(C)CN2S(=O)(=O)C2CC2)cc1. The van der Waals surface area contributed by atoms with Crippen LogP contribution in [0, 0.1) is 12.3 Å². The average molecular weight is 387 g/mol. The third-order valence-corrected chi connectivity index (χ3v) is 8.73. The lowest BCUT2D eigenvalue weighted by molar-refractivity contribution is 0.365.